The molecule has 22 heteroatoms. The molecule has 3 aliphatic heterocycles. The van der Waals surface area contributed by atoms with E-state index in [1.165, 1.54) is 69.1 Å². The molecular formula is C65H112N4O9S5Si4. The zero-order valence-electron chi connectivity index (χ0n) is 54.3. The lowest BCUT2D eigenvalue weighted by molar-refractivity contribution is 0.122. The SMILES string of the molecule is CCC[SiH2]CCCS(=O)(=O)c1ccc(N(CC)CC)cc1.CCC[SiH2]CCCS(=O)(=O)c1ccc(N2CCCCC2)cc1.CCC[SiH2]CCCS(=O)(=O)c1ccc(N2CCOCC2)cc1.CCC[SiH2]CCCS(=O)(=O)c1ccc(N2CCSCC2)cc1. The first-order chi connectivity index (χ1) is 41.9. The summed E-state index contributed by atoms with van der Waals surface area (Å²) in [6, 6.07) is 39.7. The van der Waals surface area contributed by atoms with Gasteiger partial charge in [0, 0.05) is 125 Å². The molecule has 4 aromatic rings. The number of morpholine rings is 1. The first-order valence-corrected chi connectivity index (χ1v) is 49.2. The van der Waals surface area contributed by atoms with Crippen LogP contribution in [0.5, 0.6) is 0 Å². The second-order valence-electron chi connectivity index (χ2n) is 23.3. The summed E-state index contributed by atoms with van der Waals surface area (Å²) >= 11 is 1.98. The molecule has 0 bridgehead atoms. The third-order valence-electron chi connectivity index (χ3n) is 16.5. The Morgan fingerprint density at radius 1 is 0.379 bits per heavy atom. The number of benzene rings is 4. The van der Waals surface area contributed by atoms with Crippen LogP contribution in [0, 0.1) is 0 Å². The van der Waals surface area contributed by atoms with Crippen molar-refractivity contribution >= 4 is 112 Å². The highest BCUT2D eigenvalue weighted by Gasteiger charge is 2.20. The van der Waals surface area contributed by atoms with E-state index in [0.717, 1.165) is 150 Å². The predicted molar refractivity (Wildman–Crippen MR) is 388 cm³/mol. The number of ether oxygens (including phenoxy) is 1. The van der Waals surface area contributed by atoms with Gasteiger partial charge in [-0.15, -0.1) is 0 Å². The summed E-state index contributed by atoms with van der Waals surface area (Å²) in [5.41, 5.74) is 4.48. The Labute approximate surface area is 543 Å². The van der Waals surface area contributed by atoms with Gasteiger partial charge in [-0.25, -0.2) is 33.7 Å². The minimum atomic E-state index is -3.12. The van der Waals surface area contributed by atoms with Crippen LogP contribution < -0.4 is 19.6 Å². The van der Waals surface area contributed by atoms with Gasteiger partial charge >= 0.3 is 0 Å². The zero-order chi connectivity index (χ0) is 63.2. The summed E-state index contributed by atoms with van der Waals surface area (Å²) in [5, 5.41) is 0. The summed E-state index contributed by atoms with van der Waals surface area (Å²) < 4.78 is 104. The van der Waals surface area contributed by atoms with Gasteiger partial charge in [0.05, 0.1) is 55.8 Å². The zero-order valence-corrected chi connectivity index (χ0v) is 64.1. The van der Waals surface area contributed by atoms with Crippen LogP contribution in [-0.2, 0) is 44.1 Å². The number of rotatable bonds is 34. The van der Waals surface area contributed by atoms with E-state index < -0.39 is 39.3 Å². The molecule has 0 unspecified atom stereocenters. The fourth-order valence-electron chi connectivity index (χ4n) is 10.9. The smallest absolute Gasteiger partial charge is 0.178 e. The first kappa shape index (κ1) is 76.5. The molecule has 0 spiro atoms. The van der Waals surface area contributed by atoms with E-state index in [-0.39, 0.29) is 38.1 Å². The maximum absolute atomic E-state index is 12.4. The van der Waals surface area contributed by atoms with E-state index in [1.54, 1.807) is 48.5 Å². The fraction of sp³-hybridized carbons (Fsp3) is 0.631. The van der Waals surface area contributed by atoms with Crippen LogP contribution in [-0.4, -0.2) is 172 Å². The van der Waals surface area contributed by atoms with Crippen LogP contribution in [0.3, 0.4) is 0 Å². The van der Waals surface area contributed by atoms with Crippen LogP contribution in [0.15, 0.2) is 117 Å². The van der Waals surface area contributed by atoms with Crippen LogP contribution >= 0.6 is 11.8 Å². The van der Waals surface area contributed by atoms with Crippen molar-refractivity contribution in [3.63, 3.8) is 0 Å². The molecule has 3 fully saturated rings. The lowest BCUT2D eigenvalue weighted by Gasteiger charge is -2.28. The van der Waals surface area contributed by atoms with Gasteiger partial charge in [0.25, 0.3) is 0 Å². The second-order valence-corrected chi connectivity index (χ2v) is 41.5. The molecule has 7 rings (SSSR count). The Balaban J connectivity index is 0.000000248. The summed E-state index contributed by atoms with van der Waals surface area (Å²) in [7, 11) is -12.5. The largest absolute Gasteiger partial charge is 0.378 e. The van der Waals surface area contributed by atoms with Gasteiger partial charge in [-0.3, -0.25) is 0 Å². The minimum Gasteiger partial charge on any atom is -0.378 e. The minimum absolute atomic E-state index is 0.0286. The number of thioether (sulfide) groups is 1. The molecule has 492 valence electrons. The monoisotopic (exact) mass is 1360 g/mol. The number of nitrogens with zero attached hydrogens (tertiary/aromatic N) is 4. The maximum atomic E-state index is 12.4. The topological polar surface area (TPSA) is 159 Å². The molecule has 3 heterocycles. The molecule has 4 aromatic carbocycles. The van der Waals surface area contributed by atoms with Gasteiger partial charge in [0.2, 0.25) is 0 Å². The van der Waals surface area contributed by atoms with Crippen molar-refractivity contribution in [2.45, 2.75) is 180 Å². The number of hydrogen-bond acceptors (Lipinski definition) is 14. The molecule has 0 amide bonds. The van der Waals surface area contributed by atoms with E-state index in [2.05, 4.69) is 61.1 Å². The van der Waals surface area contributed by atoms with Crippen LogP contribution in [0.1, 0.15) is 112 Å². The van der Waals surface area contributed by atoms with Gasteiger partial charge in [-0.1, -0.05) is 102 Å². The Hall–Kier alpha value is -2.94. The summed E-state index contributed by atoms with van der Waals surface area (Å²) in [6.07, 6.45) is 12.1. The molecule has 87 heavy (non-hydrogen) atoms. The van der Waals surface area contributed by atoms with Crippen molar-refractivity contribution in [1.29, 1.82) is 0 Å². The average molecular weight is 1370 g/mol. The second kappa shape index (κ2) is 43.0. The van der Waals surface area contributed by atoms with Gasteiger partial charge < -0.3 is 24.3 Å². The van der Waals surface area contributed by atoms with Crippen LogP contribution in [0.2, 0.25) is 48.4 Å². The third kappa shape index (κ3) is 29.1. The highest BCUT2D eigenvalue weighted by atomic mass is 32.2. The van der Waals surface area contributed by atoms with Crippen molar-refractivity contribution < 1.29 is 38.4 Å². The average Bonchev–Trinajstić information content (AvgIpc) is 3.41. The van der Waals surface area contributed by atoms with Gasteiger partial charge in [-0.05, 0) is 156 Å². The standard InChI is InChI=1S/C17H29NO2SSi.C16H27NO3SSi.C16H27NO2S2Si.C16H29NO2SSi/c1-2-14-22-15-6-13-21(19,20)17-9-7-16(8-10-17)18-11-4-3-5-12-18;2*1-2-13-22-14-3-12-21(18,19)16-6-4-15(5-7-16)17-8-10-20-11-9-17;1-4-13-21-14-7-12-20(18,19)16-10-8-15(9-11-16)17(5-2)6-3/h7-10H,2-6,11-15,22H2,1H3;2*4-7H,2-3,8-14,22H2,1H3;8-11H,4-7,12-14,21H2,1-3H3. The van der Waals surface area contributed by atoms with Crippen LogP contribution in [0.4, 0.5) is 22.7 Å². The van der Waals surface area contributed by atoms with Crippen molar-refractivity contribution in [3.05, 3.63) is 97.1 Å². The molecule has 0 aliphatic carbocycles. The van der Waals surface area contributed by atoms with Crippen molar-refractivity contribution in [2.75, 3.05) is 120 Å². The fourth-order valence-corrected chi connectivity index (χ4v) is 24.6. The highest BCUT2D eigenvalue weighted by molar-refractivity contribution is 7.99. The number of sulfone groups is 4. The molecule has 0 N–H and O–H groups in total. The Kier molecular flexibility index (Phi) is 37.8. The summed E-state index contributed by atoms with van der Waals surface area (Å²) in [5.74, 6) is 3.52. The predicted octanol–water partition coefficient (Wildman–Crippen LogP) is 11.3. The van der Waals surface area contributed by atoms with Crippen LogP contribution in [0.25, 0.3) is 0 Å². The van der Waals surface area contributed by atoms with Gasteiger partial charge in [0.1, 0.15) is 0 Å². The molecule has 13 nitrogen and oxygen atoms in total. The molecule has 3 aliphatic rings. The lowest BCUT2D eigenvalue weighted by atomic mass is 10.1. The molecule has 0 atom stereocenters. The Bertz CT molecular complexity index is 2670. The lowest BCUT2D eigenvalue weighted by Crippen LogP contribution is -2.36. The first-order valence-electron chi connectivity index (χ1n) is 33.4. The normalized spacial score (nSPS) is 15.4. The Morgan fingerprint density at radius 3 is 0.966 bits per heavy atom. The van der Waals surface area contributed by atoms with E-state index in [0.29, 0.717) is 42.6 Å². The quantitative estimate of drug-likeness (QED) is 0.0321. The summed E-state index contributed by atoms with van der Waals surface area (Å²) in [6.45, 7) is 22.4. The molecule has 0 radical (unpaired) electrons. The highest BCUT2D eigenvalue weighted by Crippen LogP contribution is 2.26. The number of piperidine rings is 1. The van der Waals surface area contributed by atoms with Crippen molar-refractivity contribution in [2.24, 2.45) is 0 Å². The van der Waals surface area contributed by atoms with Crippen molar-refractivity contribution in [1.82, 2.24) is 0 Å². The Morgan fingerprint density at radius 2 is 0.667 bits per heavy atom. The molecule has 3 saturated heterocycles. The van der Waals surface area contributed by atoms with E-state index in [4.69, 9.17) is 4.74 Å². The third-order valence-corrected chi connectivity index (χ3v) is 33.5. The molecule has 0 aromatic heterocycles. The number of hydrogen-bond donors (Lipinski definition) is 0. The van der Waals surface area contributed by atoms with Crippen molar-refractivity contribution in [3.8, 4) is 0 Å². The number of anilines is 4. The molecular weight excluding hydrogens is 1250 g/mol. The van der Waals surface area contributed by atoms with Gasteiger partial charge in [0.15, 0.2) is 39.3 Å². The van der Waals surface area contributed by atoms with E-state index in [9.17, 15) is 33.7 Å². The van der Waals surface area contributed by atoms with E-state index in [1.807, 2.05) is 60.3 Å². The maximum Gasteiger partial charge on any atom is 0.178 e. The van der Waals surface area contributed by atoms with E-state index >= 15 is 0 Å². The van der Waals surface area contributed by atoms with Gasteiger partial charge in [-0.2, -0.15) is 11.8 Å². The molecule has 0 saturated carbocycles. The summed E-state index contributed by atoms with van der Waals surface area (Å²) in [4.78, 5) is 11.0.